The predicted molar refractivity (Wildman–Crippen MR) is 104 cm³/mol. The van der Waals surface area contributed by atoms with Gasteiger partial charge in [-0.3, -0.25) is 9.59 Å². The van der Waals surface area contributed by atoms with Gasteiger partial charge in [0.2, 0.25) is 0 Å². The van der Waals surface area contributed by atoms with E-state index in [1.807, 2.05) is 24.3 Å². The molecule has 1 aliphatic heterocycles. The standard InChI is InChI=1S/C21H24N2O5/c1-26-17-8-4-3-7-16(17)21(25)23-13-11-22(12-14-23)20(24)15-28-19-10-6-5-9-18(19)27-2/h3-10H,11-15H2,1-2H3. The number of piperazine rings is 1. The molecule has 3 rings (SSSR count). The molecule has 2 aromatic carbocycles. The SMILES string of the molecule is COc1ccccc1OCC(=O)N1CCN(C(=O)c2ccccc2OC)CC1. The van der Waals surface area contributed by atoms with Crippen LogP contribution in [0, 0.1) is 0 Å². The molecule has 0 radical (unpaired) electrons. The number of benzene rings is 2. The molecule has 28 heavy (non-hydrogen) atoms. The first-order chi connectivity index (χ1) is 13.6. The van der Waals surface area contributed by atoms with Gasteiger partial charge in [0, 0.05) is 26.2 Å². The highest BCUT2D eigenvalue weighted by Gasteiger charge is 2.26. The predicted octanol–water partition coefficient (Wildman–Crippen LogP) is 2.07. The number of amides is 2. The summed E-state index contributed by atoms with van der Waals surface area (Å²) in [5, 5.41) is 0. The third kappa shape index (κ3) is 4.36. The van der Waals surface area contributed by atoms with Crippen LogP contribution in [-0.4, -0.2) is 68.6 Å². The number of carbonyl (C=O) groups excluding carboxylic acids is 2. The van der Waals surface area contributed by atoms with E-state index in [4.69, 9.17) is 14.2 Å². The number of rotatable bonds is 6. The van der Waals surface area contributed by atoms with Gasteiger partial charge in [0.25, 0.3) is 11.8 Å². The van der Waals surface area contributed by atoms with E-state index in [1.165, 1.54) is 0 Å². The second-order valence-corrected chi connectivity index (χ2v) is 6.31. The van der Waals surface area contributed by atoms with Gasteiger partial charge in [-0.1, -0.05) is 24.3 Å². The van der Waals surface area contributed by atoms with Gasteiger partial charge in [0.15, 0.2) is 18.1 Å². The average Bonchev–Trinajstić information content (AvgIpc) is 2.77. The summed E-state index contributed by atoms with van der Waals surface area (Å²) in [6.07, 6.45) is 0. The Labute approximate surface area is 164 Å². The van der Waals surface area contributed by atoms with Crippen LogP contribution in [0.25, 0.3) is 0 Å². The highest BCUT2D eigenvalue weighted by atomic mass is 16.5. The molecule has 0 N–H and O–H groups in total. The van der Waals surface area contributed by atoms with Crippen molar-refractivity contribution in [2.45, 2.75) is 0 Å². The maximum absolute atomic E-state index is 12.7. The van der Waals surface area contributed by atoms with Gasteiger partial charge in [0.05, 0.1) is 19.8 Å². The van der Waals surface area contributed by atoms with E-state index in [0.717, 1.165) is 0 Å². The van der Waals surface area contributed by atoms with Gasteiger partial charge in [0.1, 0.15) is 5.75 Å². The number of nitrogens with zero attached hydrogens (tertiary/aromatic N) is 2. The van der Waals surface area contributed by atoms with E-state index in [0.29, 0.717) is 49.0 Å². The molecule has 2 aromatic rings. The Morgan fingerprint density at radius 1 is 0.786 bits per heavy atom. The lowest BCUT2D eigenvalue weighted by atomic mass is 10.1. The Balaban J connectivity index is 1.53. The molecule has 0 atom stereocenters. The first-order valence-corrected chi connectivity index (χ1v) is 9.10. The van der Waals surface area contributed by atoms with Crippen molar-refractivity contribution >= 4 is 11.8 Å². The first kappa shape index (κ1) is 19.5. The average molecular weight is 384 g/mol. The van der Waals surface area contributed by atoms with E-state index >= 15 is 0 Å². The Morgan fingerprint density at radius 2 is 1.32 bits per heavy atom. The molecule has 1 saturated heterocycles. The maximum Gasteiger partial charge on any atom is 0.260 e. The molecule has 0 spiro atoms. The number of ether oxygens (including phenoxy) is 3. The molecule has 7 nitrogen and oxygen atoms in total. The molecular weight excluding hydrogens is 360 g/mol. The number of hydrogen-bond donors (Lipinski definition) is 0. The molecule has 0 unspecified atom stereocenters. The van der Waals surface area contributed by atoms with Crippen LogP contribution in [0.4, 0.5) is 0 Å². The second kappa shape index (κ2) is 9.12. The van der Waals surface area contributed by atoms with Crippen LogP contribution < -0.4 is 14.2 Å². The summed E-state index contributed by atoms with van der Waals surface area (Å²) in [4.78, 5) is 28.6. The second-order valence-electron chi connectivity index (χ2n) is 6.31. The number of carbonyl (C=O) groups is 2. The Hall–Kier alpha value is -3.22. The minimum atomic E-state index is -0.115. The van der Waals surface area contributed by atoms with Crippen molar-refractivity contribution in [2.75, 3.05) is 47.0 Å². The summed E-state index contributed by atoms with van der Waals surface area (Å²) in [7, 11) is 3.10. The van der Waals surface area contributed by atoms with Gasteiger partial charge in [-0.15, -0.1) is 0 Å². The Kier molecular flexibility index (Phi) is 6.37. The number of hydrogen-bond acceptors (Lipinski definition) is 5. The maximum atomic E-state index is 12.7. The first-order valence-electron chi connectivity index (χ1n) is 9.10. The lowest BCUT2D eigenvalue weighted by molar-refractivity contribution is -0.134. The Bertz CT molecular complexity index is 831. The van der Waals surface area contributed by atoms with Crippen molar-refractivity contribution in [2.24, 2.45) is 0 Å². The van der Waals surface area contributed by atoms with Crippen LogP contribution in [0.3, 0.4) is 0 Å². The molecular formula is C21H24N2O5. The lowest BCUT2D eigenvalue weighted by Gasteiger charge is -2.35. The molecule has 0 aromatic heterocycles. The molecule has 0 bridgehead atoms. The van der Waals surface area contributed by atoms with Crippen molar-refractivity contribution in [1.29, 1.82) is 0 Å². The topological polar surface area (TPSA) is 68.3 Å². The van der Waals surface area contributed by atoms with Gasteiger partial charge in [-0.25, -0.2) is 0 Å². The Morgan fingerprint density at radius 3 is 1.96 bits per heavy atom. The summed E-state index contributed by atoms with van der Waals surface area (Å²) in [5.41, 5.74) is 0.532. The summed E-state index contributed by atoms with van der Waals surface area (Å²) >= 11 is 0. The highest BCUT2D eigenvalue weighted by Crippen LogP contribution is 2.25. The van der Waals surface area contributed by atoms with Crippen molar-refractivity contribution in [3.8, 4) is 17.2 Å². The zero-order chi connectivity index (χ0) is 19.9. The zero-order valence-electron chi connectivity index (χ0n) is 16.1. The van der Waals surface area contributed by atoms with E-state index in [-0.39, 0.29) is 18.4 Å². The largest absolute Gasteiger partial charge is 0.496 e. The van der Waals surface area contributed by atoms with E-state index < -0.39 is 0 Å². The molecule has 0 saturated carbocycles. The van der Waals surface area contributed by atoms with Gasteiger partial charge in [-0.2, -0.15) is 0 Å². The molecule has 148 valence electrons. The summed E-state index contributed by atoms with van der Waals surface area (Å²) in [6, 6.07) is 14.4. The van der Waals surface area contributed by atoms with E-state index in [2.05, 4.69) is 0 Å². The van der Waals surface area contributed by atoms with E-state index in [1.54, 1.807) is 48.3 Å². The van der Waals surface area contributed by atoms with E-state index in [9.17, 15) is 9.59 Å². The summed E-state index contributed by atoms with van der Waals surface area (Å²) in [5.74, 6) is 1.46. The van der Waals surface area contributed by atoms with Crippen LogP contribution in [0.15, 0.2) is 48.5 Å². The molecule has 1 heterocycles. The van der Waals surface area contributed by atoms with Crippen molar-refractivity contribution < 1.29 is 23.8 Å². The minimum Gasteiger partial charge on any atom is -0.496 e. The van der Waals surface area contributed by atoms with Crippen molar-refractivity contribution in [1.82, 2.24) is 9.80 Å². The van der Waals surface area contributed by atoms with Crippen LogP contribution in [0.5, 0.6) is 17.2 Å². The molecule has 7 heteroatoms. The summed E-state index contributed by atoms with van der Waals surface area (Å²) in [6.45, 7) is 1.80. The quantitative estimate of drug-likeness (QED) is 0.763. The third-order valence-electron chi connectivity index (χ3n) is 4.68. The van der Waals surface area contributed by atoms with Gasteiger partial charge in [-0.05, 0) is 24.3 Å². The zero-order valence-corrected chi connectivity index (χ0v) is 16.1. The molecule has 1 aliphatic rings. The van der Waals surface area contributed by atoms with Crippen molar-refractivity contribution in [3.63, 3.8) is 0 Å². The van der Waals surface area contributed by atoms with Crippen LogP contribution in [0.2, 0.25) is 0 Å². The van der Waals surface area contributed by atoms with Crippen LogP contribution in [0.1, 0.15) is 10.4 Å². The summed E-state index contributed by atoms with van der Waals surface area (Å²) < 4.78 is 16.1. The van der Waals surface area contributed by atoms with Crippen molar-refractivity contribution in [3.05, 3.63) is 54.1 Å². The number of para-hydroxylation sites is 3. The lowest BCUT2D eigenvalue weighted by Crippen LogP contribution is -2.51. The van der Waals surface area contributed by atoms with Crippen LogP contribution in [-0.2, 0) is 4.79 Å². The monoisotopic (exact) mass is 384 g/mol. The molecule has 0 aliphatic carbocycles. The fourth-order valence-corrected chi connectivity index (χ4v) is 3.12. The highest BCUT2D eigenvalue weighted by molar-refractivity contribution is 5.97. The number of methoxy groups -OCH3 is 2. The third-order valence-corrected chi connectivity index (χ3v) is 4.68. The molecule has 1 fully saturated rings. The molecule has 2 amide bonds. The van der Waals surface area contributed by atoms with Gasteiger partial charge < -0.3 is 24.0 Å². The smallest absolute Gasteiger partial charge is 0.260 e. The normalized spacial score (nSPS) is 13.8. The van der Waals surface area contributed by atoms with Gasteiger partial charge >= 0.3 is 0 Å². The van der Waals surface area contributed by atoms with Crippen LogP contribution >= 0.6 is 0 Å². The minimum absolute atomic E-state index is 0.0686. The fraction of sp³-hybridized carbons (Fsp3) is 0.333. The fourth-order valence-electron chi connectivity index (χ4n) is 3.12.